The van der Waals surface area contributed by atoms with Crippen LogP contribution in [0.4, 0.5) is 5.69 Å². The molecule has 0 atom stereocenters. The molecular formula is C17H24N2O3S. The molecule has 0 saturated heterocycles. The fourth-order valence-corrected chi connectivity index (χ4v) is 3.79. The normalized spacial score (nSPS) is 11.8. The second-order valence-electron chi connectivity index (χ2n) is 5.47. The lowest BCUT2D eigenvalue weighted by molar-refractivity contribution is 0.146. The van der Waals surface area contributed by atoms with E-state index in [1.54, 1.807) is 12.1 Å². The number of anilines is 1. The zero-order valence-electron chi connectivity index (χ0n) is 13.9. The largest absolute Gasteiger partial charge is 0.382 e. The number of nitrogens with one attached hydrogen (secondary N) is 1. The highest BCUT2D eigenvalue weighted by Crippen LogP contribution is 2.29. The maximum atomic E-state index is 12.6. The van der Waals surface area contributed by atoms with Crippen molar-refractivity contribution in [3.8, 4) is 0 Å². The zero-order valence-corrected chi connectivity index (χ0v) is 14.7. The topological polar surface area (TPSA) is 58.6 Å². The molecule has 0 heterocycles. The Balaban J connectivity index is 2.30. The van der Waals surface area contributed by atoms with Crippen LogP contribution in [0.1, 0.15) is 13.3 Å². The molecule has 0 fully saturated rings. The average Bonchev–Trinajstić information content (AvgIpc) is 2.53. The van der Waals surface area contributed by atoms with E-state index in [2.05, 4.69) is 4.72 Å². The van der Waals surface area contributed by atoms with Gasteiger partial charge in [0.25, 0.3) is 0 Å². The molecule has 0 aromatic heterocycles. The lowest BCUT2D eigenvalue weighted by Gasteiger charge is -2.17. The fraction of sp³-hybridized carbons (Fsp3) is 0.412. The highest BCUT2D eigenvalue weighted by atomic mass is 32.2. The van der Waals surface area contributed by atoms with E-state index in [0.29, 0.717) is 31.1 Å². The summed E-state index contributed by atoms with van der Waals surface area (Å²) >= 11 is 0. The van der Waals surface area contributed by atoms with E-state index in [4.69, 9.17) is 4.74 Å². The van der Waals surface area contributed by atoms with Gasteiger partial charge in [-0.1, -0.05) is 24.3 Å². The van der Waals surface area contributed by atoms with Crippen LogP contribution in [0, 0.1) is 0 Å². The maximum Gasteiger partial charge on any atom is 0.241 e. The van der Waals surface area contributed by atoms with E-state index in [0.717, 1.165) is 16.5 Å². The molecule has 0 unspecified atom stereocenters. The van der Waals surface area contributed by atoms with E-state index in [1.165, 1.54) is 0 Å². The number of benzene rings is 2. The second-order valence-corrected chi connectivity index (χ2v) is 7.21. The van der Waals surface area contributed by atoms with Gasteiger partial charge in [0.15, 0.2) is 0 Å². The number of fused-ring (bicyclic) bond motifs is 1. The summed E-state index contributed by atoms with van der Waals surface area (Å²) in [5.74, 6) is 0. The molecule has 0 saturated carbocycles. The summed E-state index contributed by atoms with van der Waals surface area (Å²) in [7, 11) is 0.352. The van der Waals surface area contributed by atoms with Gasteiger partial charge in [-0.05, 0) is 25.5 Å². The lowest BCUT2D eigenvalue weighted by Crippen LogP contribution is -2.25. The molecule has 5 nitrogen and oxygen atoms in total. The van der Waals surface area contributed by atoms with E-state index in [1.807, 2.05) is 50.2 Å². The van der Waals surface area contributed by atoms with Crippen LogP contribution in [-0.4, -0.2) is 42.3 Å². The zero-order chi connectivity index (χ0) is 16.9. The smallest absolute Gasteiger partial charge is 0.241 e. The minimum absolute atomic E-state index is 0.315. The van der Waals surface area contributed by atoms with Gasteiger partial charge in [-0.15, -0.1) is 0 Å². The first-order valence-electron chi connectivity index (χ1n) is 7.74. The third-order valence-corrected chi connectivity index (χ3v) is 5.11. The van der Waals surface area contributed by atoms with Crippen molar-refractivity contribution in [2.45, 2.75) is 18.2 Å². The molecule has 2 rings (SSSR count). The molecule has 0 spiro atoms. The Kier molecular flexibility index (Phi) is 5.98. The molecule has 6 heteroatoms. The highest BCUT2D eigenvalue weighted by molar-refractivity contribution is 7.89. The number of hydrogen-bond donors (Lipinski definition) is 1. The van der Waals surface area contributed by atoms with Gasteiger partial charge in [0.1, 0.15) is 0 Å². The SMILES string of the molecule is CCOCCCNS(=O)(=O)c1cccc2c(N(C)C)cccc12. The highest BCUT2D eigenvalue weighted by Gasteiger charge is 2.17. The van der Waals surface area contributed by atoms with Gasteiger partial charge in [-0.2, -0.15) is 0 Å². The molecule has 2 aromatic carbocycles. The summed E-state index contributed by atoms with van der Waals surface area (Å²) in [5, 5.41) is 1.66. The average molecular weight is 336 g/mol. The van der Waals surface area contributed by atoms with Gasteiger partial charge >= 0.3 is 0 Å². The standard InChI is InChI=1S/C17H24N2O3S/c1-4-22-13-7-12-18-23(20,21)17-11-6-8-14-15(17)9-5-10-16(14)19(2)3/h5-6,8-11,18H,4,7,12-13H2,1-3H3. The van der Waals surface area contributed by atoms with Crippen LogP contribution in [-0.2, 0) is 14.8 Å². The molecule has 0 bridgehead atoms. The fourth-order valence-electron chi connectivity index (χ4n) is 2.49. The number of ether oxygens (including phenoxy) is 1. The summed E-state index contributed by atoms with van der Waals surface area (Å²) < 4.78 is 33.1. The van der Waals surface area contributed by atoms with Crippen molar-refractivity contribution < 1.29 is 13.2 Å². The first kappa shape index (κ1) is 17.7. The van der Waals surface area contributed by atoms with Crippen LogP contribution >= 0.6 is 0 Å². The summed E-state index contributed by atoms with van der Waals surface area (Å²) in [6.45, 7) is 3.48. The Hall–Kier alpha value is -1.63. The maximum absolute atomic E-state index is 12.6. The number of nitrogens with zero attached hydrogens (tertiary/aromatic N) is 1. The molecule has 0 aliphatic heterocycles. The molecule has 0 aliphatic rings. The van der Waals surface area contributed by atoms with Crippen LogP contribution in [0.3, 0.4) is 0 Å². The van der Waals surface area contributed by atoms with E-state index in [-0.39, 0.29) is 0 Å². The Bertz CT molecular complexity index is 758. The Morgan fingerprint density at radius 3 is 2.48 bits per heavy atom. The Morgan fingerprint density at radius 2 is 1.78 bits per heavy atom. The van der Waals surface area contributed by atoms with E-state index < -0.39 is 10.0 Å². The predicted molar refractivity (Wildman–Crippen MR) is 94.6 cm³/mol. The number of hydrogen-bond acceptors (Lipinski definition) is 4. The van der Waals surface area contributed by atoms with Gasteiger partial charge < -0.3 is 9.64 Å². The second kappa shape index (κ2) is 7.77. The van der Waals surface area contributed by atoms with Gasteiger partial charge in [-0.25, -0.2) is 13.1 Å². The van der Waals surface area contributed by atoms with Crippen LogP contribution in [0.2, 0.25) is 0 Å². The minimum atomic E-state index is -3.54. The van der Waals surface area contributed by atoms with Gasteiger partial charge in [0, 0.05) is 50.3 Å². The quantitative estimate of drug-likeness (QED) is 0.753. The molecule has 0 amide bonds. The first-order valence-corrected chi connectivity index (χ1v) is 9.22. The van der Waals surface area contributed by atoms with Crippen molar-refractivity contribution in [1.29, 1.82) is 0 Å². The van der Waals surface area contributed by atoms with Crippen LogP contribution in [0.5, 0.6) is 0 Å². The van der Waals surface area contributed by atoms with Crippen LogP contribution in [0.15, 0.2) is 41.3 Å². The molecule has 126 valence electrons. The Morgan fingerprint density at radius 1 is 1.09 bits per heavy atom. The van der Waals surface area contributed by atoms with Gasteiger partial charge in [-0.3, -0.25) is 0 Å². The first-order chi connectivity index (χ1) is 11.0. The monoisotopic (exact) mass is 336 g/mol. The molecule has 2 aromatic rings. The van der Waals surface area contributed by atoms with Crippen molar-refractivity contribution in [3.05, 3.63) is 36.4 Å². The summed E-state index contributed by atoms with van der Waals surface area (Å²) in [6, 6.07) is 11.1. The number of rotatable bonds is 8. The van der Waals surface area contributed by atoms with Crippen molar-refractivity contribution >= 4 is 26.5 Å². The molecule has 0 aliphatic carbocycles. The van der Waals surface area contributed by atoms with Crippen molar-refractivity contribution in [1.82, 2.24) is 4.72 Å². The third-order valence-electron chi connectivity index (χ3n) is 3.59. The van der Waals surface area contributed by atoms with Gasteiger partial charge in [0.2, 0.25) is 10.0 Å². The summed E-state index contributed by atoms with van der Waals surface area (Å²) in [5.41, 5.74) is 0.996. The van der Waals surface area contributed by atoms with E-state index >= 15 is 0 Å². The predicted octanol–water partition coefficient (Wildman–Crippen LogP) is 2.61. The third kappa shape index (κ3) is 4.22. The minimum Gasteiger partial charge on any atom is -0.382 e. The van der Waals surface area contributed by atoms with E-state index in [9.17, 15) is 8.42 Å². The molecule has 0 radical (unpaired) electrons. The van der Waals surface area contributed by atoms with Crippen molar-refractivity contribution in [2.75, 3.05) is 38.8 Å². The van der Waals surface area contributed by atoms with Crippen LogP contribution in [0.25, 0.3) is 10.8 Å². The summed E-state index contributed by atoms with van der Waals surface area (Å²) in [4.78, 5) is 2.30. The summed E-state index contributed by atoms with van der Waals surface area (Å²) in [6.07, 6.45) is 0.654. The number of sulfonamides is 1. The van der Waals surface area contributed by atoms with Crippen molar-refractivity contribution in [3.63, 3.8) is 0 Å². The lowest BCUT2D eigenvalue weighted by atomic mass is 10.1. The van der Waals surface area contributed by atoms with Gasteiger partial charge in [0.05, 0.1) is 4.90 Å². The molecule has 23 heavy (non-hydrogen) atoms. The molecular weight excluding hydrogens is 312 g/mol. The Labute approximate surface area is 138 Å². The van der Waals surface area contributed by atoms with Crippen LogP contribution < -0.4 is 9.62 Å². The molecule has 1 N–H and O–H groups in total. The van der Waals surface area contributed by atoms with Crippen molar-refractivity contribution in [2.24, 2.45) is 0 Å².